The average molecular weight is 1620 g/mol. The Morgan fingerprint density at radius 2 is 0.626 bits per heavy atom. The molecule has 2 saturated heterocycles. The summed E-state index contributed by atoms with van der Waals surface area (Å²) in [6.07, 6.45) is 10.8. The van der Waals surface area contributed by atoms with E-state index in [0.717, 1.165) is 170 Å². The Labute approximate surface area is 714 Å². The molecule has 9 heterocycles. The molecule has 23 heteroatoms. The third-order valence-electron chi connectivity index (χ3n) is 20.6. The number of rotatable bonds is 21. The van der Waals surface area contributed by atoms with Gasteiger partial charge >= 0.3 is 0 Å². The number of aryl methyl sites for hydroxylation is 4. The zero-order valence-corrected chi connectivity index (χ0v) is 68.5. The summed E-state index contributed by atoms with van der Waals surface area (Å²) in [4.78, 5) is 31.7. The minimum Gasteiger partial charge on any atom is -0.350 e. The number of aromatic nitrogens is 14. The maximum atomic E-state index is 9.08. The first-order valence-electron chi connectivity index (χ1n) is 41.3. The van der Waals surface area contributed by atoms with Crippen molar-refractivity contribution in [3.05, 3.63) is 310 Å². The molecule has 18 aromatic rings. The highest BCUT2D eigenvalue weighted by atomic mass is 16.7. The van der Waals surface area contributed by atoms with Crippen LogP contribution in [0.1, 0.15) is 51.9 Å². The Morgan fingerprint density at radius 3 is 1.03 bits per heavy atom. The first-order chi connectivity index (χ1) is 60.8. The first-order valence-corrected chi connectivity index (χ1v) is 41.3. The lowest BCUT2D eigenvalue weighted by molar-refractivity contribution is -0.0515. The molecule has 1 atom stereocenters. The number of fused-ring (bicyclic) bond motifs is 7. The van der Waals surface area contributed by atoms with Gasteiger partial charge in [-0.05, 0) is 111 Å². The van der Waals surface area contributed by atoms with E-state index in [1.54, 1.807) is 0 Å². The minimum atomic E-state index is -0.190. The monoisotopic (exact) mass is 1620 g/mol. The fourth-order valence-corrected chi connectivity index (χ4v) is 14.7. The van der Waals surface area contributed by atoms with Crippen LogP contribution in [0.5, 0.6) is 0 Å². The molecule has 2 fully saturated rings. The van der Waals surface area contributed by atoms with Crippen LogP contribution in [0.3, 0.4) is 0 Å². The molecule has 0 saturated carbocycles. The summed E-state index contributed by atoms with van der Waals surface area (Å²) in [5.74, 6) is 3.61. The van der Waals surface area contributed by atoms with Crippen LogP contribution < -0.4 is 0 Å². The van der Waals surface area contributed by atoms with Gasteiger partial charge in [-0.15, -0.1) is 0 Å². The molecule has 23 nitrogen and oxygen atoms in total. The number of nitrogens with zero attached hydrogens (tertiary/aromatic N) is 19. The molecule has 0 bridgehead atoms. The molecule has 0 spiro atoms. The minimum absolute atomic E-state index is 0.0406. The second kappa shape index (κ2) is 43.6. The number of nitriles is 5. The highest BCUT2D eigenvalue weighted by Gasteiger charge is 2.23. The van der Waals surface area contributed by atoms with E-state index in [0.29, 0.717) is 58.7 Å². The van der Waals surface area contributed by atoms with Crippen molar-refractivity contribution in [3.8, 4) is 75.9 Å². The lowest BCUT2D eigenvalue weighted by atomic mass is 10.2. The predicted molar refractivity (Wildman–Crippen MR) is 481 cm³/mol. The summed E-state index contributed by atoms with van der Waals surface area (Å²) in [5, 5.41) is 43.7. The van der Waals surface area contributed by atoms with E-state index in [9.17, 15) is 0 Å². The van der Waals surface area contributed by atoms with Crippen LogP contribution in [0.25, 0.3) is 123 Å². The van der Waals surface area contributed by atoms with Crippen molar-refractivity contribution in [1.82, 2.24) is 66.9 Å². The van der Waals surface area contributed by atoms with Crippen molar-refractivity contribution in [2.45, 2.75) is 110 Å². The summed E-state index contributed by atoms with van der Waals surface area (Å²) in [6, 6.07) is 108. The van der Waals surface area contributed by atoms with Crippen molar-refractivity contribution in [3.63, 3.8) is 0 Å². The summed E-state index contributed by atoms with van der Waals surface area (Å²) >= 11 is 0. The number of imidazole rings is 7. The first kappa shape index (κ1) is 84.5. The second-order valence-corrected chi connectivity index (χ2v) is 29.0. The normalized spacial score (nSPS) is 12.5. The SMILES string of the molecule is CC(C#N)Cn1c(-c2ccccc2)nc2ccccc21.N#CCCCCn1cnc2ccccc21.N#CCCCn1cnc2ccccc21.N#CCCn1c(-c2ccccc2)nc2ccccc21.N#CCn1c(-c2ccccc2)nc2ccccc21.c1ccc(-c2nc3ccccc3n2CC2OCCO2)cc1.c1ccc2c(c1)ncn2CCC1OCCO1. The highest BCUT2D eigenvalue weighted by molar-refractivity contribution is 5.84. The van der Waals surface area contributed by atoms with Gasteiger partial charge in [0.1, 0.15) is 29.8 Å². The van der Waals surface area contributed by atoms with Crippen LogP contribution in [0.4, 0.5) is 0 Å². The average Bonchev–Trinajstić information content (AvgIpc) is 1.63. The molecule has 2 aliphatic heterocycles. The summed E-state index contributed by atoms with van der Waals surface area (Å²) in [5.41, 5.74) is 19.0. The molecule has 7 aromatic heterocycles. The van der Waals surface area contributed by atoms with Gasteiger partial charge in [-0.2, -0.15) is 26.3 Å². The molecule has 0 aliphatic carbocycles. The molecular weight excluding hydrogens is 1530 g/mol. The lowest BCUT2D eigenvalue weighted by Crippen LogP contribution is -2.17. The highest BCUT2D eigenvalue weighted by Crippen LogP contribution is 2.31. The van der Waals surface area contributed by atoms with Gasteiger partial charge in [0, 0.05) is 74.2 Å². The summed E-state index contributed by atoms with van der Waals surface area (Å²) < 4.78 is 36.8. The van der Waals surface area contributed by atoms with E-state index in [1.807, 2.05) is 267 Å². The van der Waals surface area contributed by atoms with Gasteiger partial charge < -0.3 is 50.9 Å². The van der Waals surface area contributed by atoms with Gasteiger partial charge in [0.05, 0.1) is 172 Å². The molecule has 20 rings (SSSR count). The van der Waals surface area contributed by atoms with E-state index in [4.69, 9.17) is 55.2 Å². The second-order valence-electron chi connectivity index (χ2n) is 29.0. The van der Waals surface area contributed by atoms with Crippen LogP contribution >= 0.6 is 0 Å². The summed E-state index contributed by atoms with van der Waals surface area (Å²) in [7, 11) is 0. The Balaban J connectivity index is 0.000000117. The molecule has 123 heavy (non-hydrogen) atoms. The maximum Gasteiger partial charge on any atom is 0.175 e. The van der Waals surface area contributed by atoms with Gasteiger partial charge in [-0.25, -0.2) is 34.9 Å². The van der Waals surface area contributed by atoms with Crippen molar-refractivity contribution in [2.75, 3.05) is 26.4 Å². The third-order valence-corrected chi connectivity index (χ3v) is 20.6. The van der Waals surface area contributed by atoms with E-state index in [2.05, 4.69) is 137 Å². The lowest BCUT2D eigenvalue weighted by Gasteiger charge is -2.13. The quantitative estimate of drug-likeness (QED) is 0.0604. The van der Waals surface area contributed by atoms with Gasteiger partial charge in [-0.3, -0.25) is 0 Å². The standard InChI is InChI=1S/C17H15N3.C17H16N2O2.C16H13N3.C15H11N3.C12H13N3.C12H14N2O2.C11H11N3/c1-13(11-18)12-20-16-10-6-5-9-15(16)19-17(20)14-7-3-2-4-8-14;1-2-6-13(7-3-1)17-18-14-8-4-5-9-15(14)19(17)12-16-20-10-11-21-16;17-11-6-12-19-15-10-5-4-9-14(15)18-16(19)13-7-2-1-3-8-13;16-10-11-18-14-9-5-4-8-13(14)17-15(18)12-6-2-1-3-7-12;13-8-4-1-5-9-15-10-14-11-6-2-3-7-12(11)15;1-2-4-11-10(3-1)13-9-14(11)6-5-12-15-7-8-16-12;12-7-3-4-8-14-9-13-10-5-1-2-6-11(10)14/h2-10,13H,12H2,1H3;1-9,16H,10-12H2;1-5,7-10H,6,12H2;1-9H,11H2;2-3,6-7,10H,1,4-5,9H2;1-4,9,12H,5-8H2;1-2,5-6,9H,3-4,8H2. The van der Waals surface area contributed by atoms with Gasteiger partial charge in [0.15, 0.2) is 12.6 Å². The predicted octanol–water partition coefficient (Wildman–Crippen LogP) is 20.7. The molecule has 0 amide bonds. The smallest absolute Gasteiger partial charge is 0.175 e. The van der Waals surface area contributed by atoms with Crippen LogP contribution in [-0.4, -0.2) is 106 Å². The van der Waals surface area contributed by atoms with E-state index >= 15 is 0 Å². The molecule has 0 radical (unpaired) electrons. The number of hydrogen-bond acceptors (Lipinski definition) is 16. The molecule has 0 N–H and O–H groups in total. The fourth-order valence-electron chi connectivity index (χ4n) is 14.7. The Morgan fingerprint density at radius 1 is 0.309 bits per heavy atom. The number of unbranched alkanes of at least 4 members (excludes halogenated alkanes) is 3. The molecule has 1 unspecified atom stereocenters. The number of benzene rings is 11. The summed E-state index contributed by atoms with van der Waals surface area (Å²) in [6.45, 7) is 9.68. The van der Waals surface area contributed by atoms with Crippen LogP contribution in [0, 0.1) is 62.6 Å². The van der Waals surface area contributed by atoms with Crippen LogP contribution in [-0.2, 0) is 64.8 Å². The molecule has 612 valence electrons. The number of hydrogen-bond donors (Lipinski definition) is 0. The fraction of sp³-hybridized carbons (Fsp3) is 0.220. The Kier molecular flexibility index (Phi) is 30.0. The molecule has 11 aromatic carbocycles. The molecule has 2 aliphatic rings. The maximum absolute atomic E-state index is 9.08. The van der Waals surface area contributed by atoms with Gasteiger partial charge in [0.25, 0.3) is 0 Å². The van der Waals surface area contributed by atoms with Crippen LogP contribution in [0.15, 0.2) is 310 Å². The van der Waals surface area contributed by atoms with E-state index < -0.39 is 0 Å². The topological polar surface area (TPSA) is 281 Å². The van der Waals surface area contributed by atoms with Gasteiger partial charge in [-0.1, -0.05) is 206 Å². The third kappa shape index (κ3) is 21.9. The van der Waals surface area contributed by atoms with Crippen molar-refractivity contribution in [1.29, 1.82) is 26.3 Å². The van der Waals surface area contributed by atoms with Crippen molar-refractivity contribution >= 4 is 77.2 Å². The number of ether oxygens (including phenoxy) is 4. The van der Waals surface area contributed by atoms with E-state index in [-0.39, 0.29) is 18.5 Å². The van der Waals surface area contributed by atoms with Crippen molar-refractivity contribution < 1.29 is 18.9 Å². The van der Waals surface area contributed by atoms with Gasteiger partial charge in [0.2, 0.25) is 0 Å². The Bertz CT molecular complexity index is 6620. The zero-order chi connectivity index (χ0) is 84.6. The Hall–Kier alpha value is -15.0. The zero-order valence-electron chi connectivity index (χ0n) is 68.5. The van der Waals surface area contributed by atoms with Crippen molar-refractivity contribution in [2.24, 2.45) is 5.92 Å². The largest absolute Gasteiger partial charge is 0.350 e. The van der Waals surface area contributed by atoms with E-state index in [1.165, 1.54) is 11.0 Å². The van der Waals surface area contributed by atoms with Crippen LogP contribution in [0.2, 0.25) is 0 Å². The number of para-hydroxylation sites is 14. The molecular formula is C100H93N19O4.